The van der Waals surface area contributed by atoms with Gasteiger partial charge in [-0.1, -0.05) is 18.2 Å². The van der Waals surface area contributed by atoms with Crippen LogP contribution >= 0.6 is 0 Å². The van der Waals surface area contributed by atoms with Gasteiger partial charge in [0.05, 0.1) is 13.7 Å². The number of nitrogens with zero attached hydrogens (tertiary/aromatic N) is 2. The smallest absolute Gasteiger partial charge is 0.260 e. The molecule has 196 valence electrons. The Morgan fingerprint density at radius 1 is 1.11 bits per heavy atom. The highest BCUT2D eigenvalue weighted by molar-refractivity contribution is 5.77. The molecule has 1 amide bonds. The predicted molar refractivity (Wildman–Crippen MR) is 137 cm³/mol. The van der Waals surface area contributed by atoms with E-state index in [9.17, 15) is 9.18 Å². The number of hydrogen-bond acceptors (Lipinski definition) is 6. The summed E-state index contributed by atoms with van der Waals surface area (Å²) in [5.41, 5.74) is 2.37. The maximum Gasteiger partial charge on any atom is 0.260 e. The molecule has 1 aliphatic heterocycles. The molecule has 2 fully saturated rings. The van der Waals surface area contributed by atoms with Crippen molar-refractivity contribution < 1.29 is 23.8 Å². The third-order valence-electron chi connectivity index (χ3n) is 7.35. The van der Waals surface area contributed by atoms with Gasteiger partial charge < -0.3 is 24.8 Å². The Morgan fingerprint density at radius 2 is 1.89 bits per heavy atom. The van der Waals surface area contributed by atoms with Crippen LogP contribution < -0.4 is 14.8 Å². The Labute approximate surface area is 213 Å². The number of methoxy groups -OCH3 is 1. The normalized spacial score (nSPS) is 20.5. The van der Waals surface area contributed by atoms with Crippen molar-refractivity contribution in [2.75, 3.05) is 59.6 Å². The maximum atomic E-state index is 13.6. The average molecular weight is 500 g/mol. The Kier molecular flexibility index (Phi) is 9.55. The lowest BCUT2D eigenvalue weighted by atomic mass is 9.97. The molecule has 0 aromatic heterocycles. The molecule has 1 heterocycles. The highest BCUT2D eigenvalue weighted by Crippen LogP contribution is 2.35. The van der Waals surface area contributed by atoms with Crippen LogP contribution in [0.4, 0.5) is 4.39 Å². The van der Waals surface area contributed by atoms with Crippen molar-refractivity contribution in [3.63, 3.8) is 0 Å². The number of carbonyl (C=O) groups is 1. The van der Waals surface area contributed by atoms with Crippen molar-refractivity contribution in [1.29, 1.82) is 0 Å². The van der Waals surface area contributed by atoms with Gasteiger partial charge in [0.15, 0.2) is 18.2 Å². The first kappa shape index (κ1) is 26.4. The van der Waals surface area contributed by atoms with Crippen molar-refractivity contribution >= 4 is 5.91 Å². The number of piperazine rings is 1. The van der Waals surface area contributed by atoms with Crippen molar-refractivity contribution in [1.82, 2.24) is 15.1 Å². The molecule has 0 radical (unpaired) electrons. The maximum absolute atomic E-state index is 13.6. The van der Waals surface area contributed by atoms with E-state index in [-0.39, 0.29) is 24.9 Å². The minimum atomic E-state index is -0.329. The lowest BCUT2D eigenvalue weighted by Gasteiger charge is -2.34. The summed E-state index contributed by atoms with van der Waals surface area (Å²) in [6.07, 6.45) is 4.20. The second-order valence-corrected chi connectivity index (χ2v) is 9.68. The van der Waals surface area contributed by atoms with Crippen LogP contribution in [0.25, 0.3) is 0 Å². The second-order valence-electron chi connectivity index (χ2n) is 9.68. The zero-order valence-electron chi connectivity index (χ0n) is 21.1. The molecule has 1 saturated carbocycles. The molecular weight excluding hydrogens is 461 g/mol. The number of halogens is 1. The summed E-state index contributed by atoms with van der Waals surface area (Å²) >= 11 is 0. The van der Waals surface area contributed by atoms with Gasteiger partial charge in [-0.3, -0.25) is 9.69 Å². The lowest BCUT2D eigenvalue weighted by molar-refractivity contribution is -0.135. The van der Waals surface area contributed by atoms with E-state index in [4.69, 9.17) is 14.6 Å². The molecule has 8 heteroatoms. The molecule has 2 N–H and O–H groups in total. The number of β-amino-alcohol motifs (C(OH)–C–C–N with tert-alkyl or cyclic N) is 1. The zero-order chi connectivity index (χ0) is 25.3. The molecule has 36 heavy (non-hydrogen) atoms. The number of hydrogen-bond donors (Lipinski definition) is 2. The van der Waals surface area contributed by atoms with Gasteiger partial charge in [-0.05, 0) is 73.5 Å². The van der Waals surface area contributed by atoms with E-state index < -0.39 is 0 Å². The van der Waals surface area contributed by atoms with Gasteiger partial charge in [-0.2, -0.15) is 0 Å². The summed E-state index contributed by atoms with van der Waals surface area (Å²) < 4.78 is 24.4. The fourth-order valence-electron chi connectivity index (χ4n) is 5.18. The fourth-order valence-corrected chi connectivity index (χ4v) is 5.18. The van der Waals surface area contributed by atoms with Gasteiger partial charge in [0, 0.05) is 38.8 Å². The molecule has 7 nitrogen and oxygen atoms in total. The van der Waals surface area contributed by atoms with Gasteiger partial charge in [0.1, 0.15) is 5.75 Å². The Bertz CT molecular complexity index is 979. The van der Waals surface area contributed by atoms with Crippen molar-refractivity contribution in [2.45, 2.75) is 37.6 Å². The molecule has 0 spiro atoms. The third-order valence-corrected chi connectivity index (χ3v) is 7.35. The third kappa shape index (κ3) is 7.18. The highest BCUT2D eigenvalue weighted by Gasteiger charge is 2.25. The lowest BCUT2D eigenvalue weighted by Crippen LogP contribution is -2.50. The topological polar surface area (TPSA) is 74.3 Å². The molecule has 2 aromatic rings. The number of ether oxygens (including phenoxy) is 2. The van der Waals surface area contributed by atoms with Crippen LogP contribution in [0.1, 0.15) is 36.3 Å². The molecule has 2 aliphatic rings. The summed E-state index contributed by atoms with van der Waals surface area (Å²) in [6.45, 7) is 4.65. The summed E-state index contributed by atoms with van der Waals surface area (Å²) in [7, 11) is 1.49. The average Bonchev–Trinajstić information content (AvgIpc) is 3.38. The van der Waals surface area contributed by atoms with E-state index >= 15 is 0 Å². The van der Waals surface area contributed by atoms with E-state index in [0.29, 0.717) is 43.1 Å². The molecule has 1 saturated heterocycles. The molecule has 0 bridgehead atoms. The first-order valence-corrected chi connectivity index (χ1v) is 12.9. The van der Waals surface area contributed by atoms with Crippen LogP contribution in [0.3, 0.4) is 0 Å². The van der Waals surface area contributed by atoms with Crippen molar-refractivity contribution in [3.05, 3.63) is 59.4 Å². The van der Waals surface area contributed by atoms with Gasteiger partial charge >= 0.3 is 0 Å². The molecule has 2 atom stereocenters. The minimum Gasteiger partial charge on any atom is -0.494 e. The van der Waals surface area contributed by atoms with Crippen LogP contribution in [0.15, 0.2) is 42.5 Å². The van der Waals surface area contributed by atoms with Gasteiger partial charge in [0.25, 0.3) is 5.91 Å². The fraction of sp³-hybridized carbons (Fsp3) is 0.536. The number of aliphatic hydroxyl groups is 1. The predicted octanol–water partition coefficient (Wildman–Crippen LogP) is 2.82. The zero-order valence-corrected chi connectivity index (χ0v) is 21.1. The van der Waals surface area contributed by atoms with Gasteiger partial charge in [-0.15, -0.1) is 0 Å². The minimum absolute atomic E-state index is 0.00603. The second kappa shape index (κ2) is 13.0. The quantitative estimate of drug-likeness (QED) is 0.495. The monoisotopic (exact) mass is 499 g/mol. The number of amides is 1. The molecule has 4 rings (SSSR count). The molecule has 0 unspecified atom stereocenters. The van der Waals surface area contributed by atoms with Gasteiger partial charge in [0.2, 0.25) is 0 Å². The summed E-state index contributed by atoms with van der Waals surface area (Å²) in [6, 6.07) is 13.7. The van der Waals surface area contributed by atoms with E-state index in [0.717, 1.165) is 50.9 Å². The Morgan fingerprint density at radius 3 is 2.61 bits per heavy atom. The Hall–Kier alpha value is -2.68. The number of carbonyl (C=O) groups excluding carboxylic acids is 1. The number of nitrogens with one attached hydrogen (secondary N) is 1. The number of rotatable bonds is 11. The highest BCUT2D eigenvalue weighted by atomic mass is 19.1. The van der Waals surface area contributed by atoms with Crippen LogP contribution in [-0.4, -0.2) is 86.4 Å². The van der Waals surface area contributed by atoms with Gasteiger partial charge in [-0.25, -0.2) is 4.39 Å². The first-order valence-electron chi connectivity index (χ1n) is 12.9. The number of benzene rings is 2. The summed E-state index contributed by atoms with van der Waals surface area (Å²) in [5, 5.41) is 12.7. The van der Waals surface area contributed by atoms with E-state index in [1.165, 1.54) is 18.7 Å². The van der Waals surface area contributed by atoms with Crippen LogP contribution in [0, 0.1) is 5.82 Å². The van der Waals surface area contributed by atoms with Crippen LogP contribution in [0.2, 0.25) is 0 Å². The summed E-state index contributed by atoms with van der Waals surface area (Å²) in [4.78, 5) is 16.5. The van der Waals surface area contributed by atoms with Crippen LogP contribution in [-0.2, 0) is 11.2 Å². The van der Waals surface area contributed by atoms with E-state index in [2.05, 4.69) is 22.3 Å². The molecular formula is C28H38FN3O4. The van der Waals surface area contributed by atoms with Crippen molar-refractivity contribution in [3.8, 4) is 11.5 Å². The van der Waals surface area contributed by atoms with Crippen LogP contribution in [0.5, 0.6) is 11.5 Å². The first-order chi connectivity index (χ1) is 17.6. The molecule has 2 aromatic carbocycles. The SMILES string of the molecule is COc1cc(CCN[C@H]2CC[C@@H](c3ccc(OCC(=O)N4CCN(CCO)CC4)cc3)C2)ccc1F. The van der Waals surface area contributed by atoms with Crippen molar-refractivity contribution in [2.24, 2.45) is 0 Å². The number of aliphatic hydroxyl groups excluding tert-OH is 1. The van der Waals surface area contributed by atoms with E-state index in [1.807, 2.05) is 23.1 Å². The van der Waals surface area contributed by atoms with E-state index in [1.54, 1.807) is 6.07 Å². The largest absolute Gasteiger partial charge is 0.494 e. The standard InChI is InChI=1S/C28H38FN3O4/c1-35-27-18-21(2-9-26(27)29)10-11-30-24-6-3-23(19-24)22-4-7-25(8-5-22)36-20-28(34)32-14-12-31(13-15-32)16-17-33/h2,4-5,7-9,18,23-24,30,33H,3,6,10-17,19-20H2,1H3/t23-,24+/m1/s1. The Balaban J connectivity index is 1.16. The molecule has 1 aliphatic carbocycles. The summed E-state index contributed by atoms with van der Waals surface area (Å²) in [5.74, 6) is 1.20.